The average Bonchev–Trinajstić information content (AvgIpc) is 3.19. The third-order valence-electron chi connectivity index (χ3n) is 5.51. The highest BCUT2D eigenvalue weighted by Gasteiger charge is 2.23. The summed E-state index contributed by atoms with van der Waals surface area (Å²) in [6, 6.07) is 16.5. The van der Waals surface area contributed by atoms with Crippen LogP contribution in [0.1, 0.15) is 42.4 Å². The van der Waals surface area contributed by atoms with E-state index in [2.05, 4.69) is 21.8 Å². The molecular formula is C26H30ClN3O3. The molecule has 2 aromatic carbocycles. The predicted molar refractivity (Wildman–Crippen MR) is 129 cm³/mol. The summed E-state index contributed by atoms with van der Waals surface area (Å²) in [5, 5.41) is 3.52. The molecule has 0 fully saturated rings. The van der Waals surface area contributed by atoms with Gasteiger partial charge in [0, 0.05) is 29.8 Å². The van der Waals surface area contributed by atoms with Gasteiger partial charge in [0.1, 0.15) is 11.9 Å². The van der Waals surface area contributed by atoms with E-state index in [1.807, 2.05) is 54.6 Å². The van der Waals surface area contributed by atoms with E-state index in [4.69, 9.17) is 16.3 Å². The molecule has 1 heterocycles. The van der Waals surface area contributed by atoms with Crippen LogP contribution in [0.15, 0.2) is 60.8 Å². The van der Waals surface area contributed by atoms with Crippen LogP contribution in [0, 0.1) is 0 Å². The molecule has 1 N–H and O–H groups in total. The molecule has 1 atom stereocenters. The van der Waals surface area contributed by atoms with Crippen molar-refractivity contribution in [3.63, 3.8) is 0 Å². The molecule has 0 aliphatic rings. The van der Waals surface area contributed by atoms with Crippen molar-refractivity contribution in [3.8, 4) is 0 Å². The fourth-order valence-corrected chi connectivity index (χ4v) is 3.91. The number of hydrogen-bond acceptors (Lipinski definition) is 4. The van der Waals surface area contributed by atoms with E-state index in [1.165, 1.54) is 7.11 Å². The second-order valence-corrected chi connectivity index (χ2v) is 8.36. The van der Waals surface area contributed by atoms with Crippen LogP contribution in [0.5, 0.6) is 0 Å². The van der Waals surface area contributed by atoms with Crippen LogP contribution in [-0.2, 0) is 40.1 Å². The van der Waals surface area contributed by atoms with Crippen molar-refractivity contribution in [1.82, 2.24) is 14.9 Å². The van der Waals surface area contributed by atoms with Crippen LogP contribution < -0.4 is 5.32 Å². The number of methoxy groups -OCH3 is 1. The van der Waals surface area contributed by atoms with Crippen molar-refractivity contribution in [2.75, 3.05) is 7.11 Å². The smallest absolute Gasteiger partial charge is 0.328 e. The summed E-state index contributed by atoms with van der Waals surface area (Å²) in [5.74, 6) is 0.192. The number of imidazole rings is 1. The Kier molecular flexibility index (Phi) is 9.07. The zero-order chi connectivity index (χ0) is 23.6. The summed E-state index contributed by atoms with van der Waals surface area (Å²) < 4.78 is 6.97. The van der Waals surface area contributed by atoms with E-state index < -0.39 is 12.0 Å². The number of esters is 1. The van der Waals surface area contributed by atoms with E-state index >= 15 is 0 Å². The number of benzene rings is 2. The summed E-state index contributed by atoms with van der Waals surface area (Å²) in [6.07, 6.45) is 5.08. The summed E-state index contributed by atoms with van der Waals surface area (Å²) in [7, 11) is 1.32. The normalized spacial score (nSPS) is 11.7. The number of ether oxygens (including phenoxy) is 1. The Morgan fingerprint density at radius 1 is 1.12 bits per heavy atom. The minimum Gasteiger partial charge on any atom is -0.467 e. The Morgan fingerprint density at radius 3 is 2.55 bits per heavy atom. The van der Waals surface area contributed by atoms with Crippen LogP contribution in [0.2, 0.25) is 5.02 Å². The van der Waals surface area contributed by atoms with Crippen LogP contribution in [0.4, 0.5) is 0 Å². The molecule has 0 unspecified atom stereocenters. The average molecular weight is 468 g/mol. The Balaban J connectivity index is 1.77. The SMILES string of the molecule is CCCCc1ncc(CC(=O)N[C@@H](Cc2ccccc2)C(=O)OC)n1Cc1ccccc1Cl. The first-order valence-corrected chi connectivity index (χ1v) is 11.6. The molecule has 3 aromatic rings. The second-order valence-electron chi connectivity index (χ2n) is 7.96. The largest absolute Gasteiger partial charge is 0.467 e. The zero-order valence-electron chi connectivity index (χ0n) is 19.1. The Bertz CT molecular complexity index is 1070. The Hall–Kier alpha value is -3.12. The summed E-state index contributed by atoms with van der Waals surface area (Å²) in [5.41, 5.74) is 2.69. The van der Waals surface area contributed by atoms with Gasteiger partial charge in [0.25, 0.3) is 0 Å². The molecule has 3 rings (SSSR count). The van der Waals surface area contributed by atoms with Gasteiger partial charge < -0.3 is 14.6 Å². The first-order chi connectivity index (χ1) is 16.0. The molecule has 1 aromatic heterocycles. The number of unbranched alkanes of at least 4 members (excludes halogenated alkanes) is 1. The molecule has 1 amide bonds. The summed E-state index contributed by atoms with van der Waals surface area (Å²) >= 11 is 6.39. The maximum absolute atomic E-state index is 12.9. The van der Waals surface area contributed by atoms with Crippen LogP contribution in [-0.4, -0.2) is 34.6 Å². The highest BCUT2D eigenvalue weighted by Crippen LogP contribution is 2.19. The zero-order valence-corrected chi connectivity index (χ0v) is 19.8. The number of aryl methyl sites for hydroxylation is 1. The molecule has 33 heavy (non-hydrogen) atoms. The lowest BCUT2D eigenvalue weighted by Crippen LogP contribution is -2.43. The number of amides is 1. The van der Waals surface area contributed by atoms with Crippen molar-refractivity contribution >= 4 is 23.5 Å². The third-order valence-corrected chi connectivity index (χ3v) is 5.88. The maximum Gasteiger partial charge on any atom is 0.328 e. The lowest BCUT2D eigenvalue weighted by Gasteiger charge is -2.18. The lowest BCUT2D eigenvalue weighted by molar-refractivity contribution is -0.145. The monoisotopic (exact) mass is 467 g/mol. The van der Waals surface area contributed by atoms with E-state index in [1.54, 1.807) is 6.20 Å². The predicted octanol–water partition coefficient (Wildman–Crippen LogP) is 4.37. The number of rotatable bonds is 11. The summed E-state index contributed by atoms with van der Waals surface area (Å²) in [6.45, 7) is 2.67. The highest BCUT2D eigenvalue weighted by atomic mass is 35.5. The number of carbonyl (C=O) groups excluding carboxylic acids is 2. The molecule has 0 saturated heterocycles. The Labute approximate surface area is 199 Å². The molecule has 0 spiro atoms. The number of hydrogen-bond donors (Lipinski definition) is 1. The molecule has 0 aliphatic carbocycles. The van der Waals surface area contributed by atoms with E-state index in [-0.39, 0.29) is 12.3 Å². The molecule has 0 radical (unpaired) electrons. The van der Waals surface area contributed by atoms with Gasteiger partial charge in [-0.05, 0) is 23.6 Å². The van der Waals surface area contributed by atoms with Crippen LogP contribution >= 0.6 is 11.6 Å². The van der Waals surface area contributed by atoms with Crippen molar-refractivity contribution in [3.05, 3.63) is 88.5 Å². The van der Waals surface area contributed by atoms with Gasteiger partial charge >= 0.3 is 5.97 Å². The van der Waals surface area contributed by atoms with Gasteiger partial charge in [-0.3, -0.25) is 4.79 Å². The standard InChI is InChI=1S/C26H30ClN3O3/c1-3-4-14-24-28-17-21(30(24)18-20-12-8-9-13-22(20)27)16-25(31)29-23(26(32)33-2)15-19-10-6-5-7-11-19/h5-13,17,23H,3-4,14-16,18H2,1-2H3,(H,29,31)/t23-/m0/s1. The highest BCUT2D eigenvalue weighted by molar-refractivity contribution is 6.31. The molecule has 174 valence electrons. The van der Waals surface area contributed by atoms with E-state index in [0.29, 0.717) is 18.0 Å². The number of nitrogens with zero attached hydrogens (tertiary/aromatic N) is 2. The minimum absolute atomic E-state index is 0.103. The first kappa shape index (κ1) is 24.5. The van der Waals surface area contributed by atoms with Crippen LogP contribution in [0.25, 0.3) is 0 Å². The van der Waals surface area contributed by atoms with Gasteiger partial charge in [0.05, 0.1) is 20.1 Å². The number of halogens is 1. The third kappa shape index (κ3) is 6.93. The topological polar surface area (TPSA) is 73.2 Å². The lowest BCUT2D eigenvalue weighted by atomic mass is 10.1. The fourth-order valence-electron chi connectivity index (χ4n) is 3.71. The summed E-state index contributed by atoms with van der Waals surface area (Å²) in [4.78, 5) is 29.8. The molecular weight excluding hydrogens is 438 g/mol. The van der Waals surface area contributed by atoms with Gasteiger partial charge in [-0.2, -0.15) is 0 Å². The molecule has 0 bridgehead atoms. The minimum atomic E-state index is -0.760. The second kappa shape index (κ2) is 12.2. The van der Waals surface area contributed by atoms with Gasteiger partial charge in [-0.25, -0.2) is 9.78 Å². The first-order valence-electron chi connectivity index (χ1n) is 11.2. The van der Waals surface area contributed by atoms with Crippen molar-refractivity contribution in [2.24, 2.45) is 0 Å². The van der Waals surface area contributed by atoms with Crippen molar-refractivity contribution in [1.29, 1.82) is 0 Å². The number of carbonyl (C=O) groups is 2. The van der Waals surface area contributed by atoms with Crippen LogP contribution in [0.3, 0.4) is 0 Å². The molecule has 0 saturated carbocycles. The van der Waals surface area contributed by atoms with Gasteiger partial charge in [0.15, 0.2) is 0 Å². The van der Waals surface area contributed by atoms with E-state index in [0.717, 1.165) is 41.9 Å². The number of aromatic nitrogens is 2. The number of nitrogens with one attached hydrogen (secondary N) is 1. The van der Waals surface area contributed by atoms with E-state index in [9.17, 15) is 9.59 Å². The molecule has 0 aliphatic heterocycles. The molecule has 7 heteroatoms. The van der Waals surface area contributed by atoms with Gasteiger partial charge in [-0.15, -0.1) is 0 Å². The fraction of sp³-hybridized carbons (Fsp3) is 0.346. The van der Waals surface area contributed by atoms with Crippen molar-refractivity contribution < 1.29 is 14.3 Å². The Morgan fingerprint density at radius 2 is 1.85 bits per heavy atom. The van der Waals surface area contributed by atoms with Gasteiger partial charge in [0.2, 0.25) is 5.91 Å². The van der Waals surface area contributed by atoms with Gasteiger partial charge in [-0.1, -0.05) is 73.5 Å². The molecule has 6 nitrogen and oxygen atoms in total. The maximum atomic E-state index is 12.9. The quantitative estimate of drug-likeness (QED) is 0.425. The van der Waals surface area contributed by atoms with Crippen molar-refractivity contribution in [2.45, 2.75) is 51.6 Å².